The highest BCUT2D eigenvalue weighted by molar-refractivity contribution is 5.17. The molecule has 0 unspecified atom stereocenters. The average Bonchev–Trinajstić information content (AvgIpc) is 1.99. The molecule has 0 heterocycles. The van der Waals surface area contributed by atoms with Gasteiger partial charge in [0, 0.05) is 6.42 Å². The van der Waals surface area contributed by atoms with E-state index in [-0.39, 0.29) is 0 Å². The van der Waals surface area contributed by atoms with Gasteiger partial charge in [-0.2, -0.15) is 0 Å². The van der Waals surface area contributed by atoms with Crippen LogP contribution in [0.1, 0.15) is 19.8 Å². The second-order valence-corrected chi connectivity index (χ2v) is 1.81. The van der Waals surface area contributed by atoms with Crippen molar-refractivity contribution in [3.8, 4) is 12.1 Å². The van der Waals surface area contributed by atoms with Crippen molar-refractivity contribution in [3.05, 3.63) is 24.3 Å². The summed E-state index contributed by atoms with van der Waals surface area (Å²) < 4.78 is 11.2. The van der Waals surface area contributed by atoms with Gasteiger partial charge in [0.15, 0.2) is 0 Å². The molecular formula is C9H11F. The van der Waals surface area contributed by atoms with E-state index in [0.717, 1.165) is 12.0 Å². The van der Waals surface area contributed by atoms with Crippen molar-refractivity contribution in [2.24, 2.45) is 0 Å². The van der Waals surface area contributed by atoms with Crippen LogP contribution in [-0.2, 0) is 0 Å². The van der Waals surface area contributed by atoms with Crippen molar-refractivity contribution in [1.82, 2.24) is 0 Å². The Kier molecular flexibility index (Phi) is 5.47. The third-order valence-corrected chi connectivity index (χ3v) is 1.20. The molecule has 1 heteroatoms. The lowest BCUT2D eigenvalue weighted by Crippen LogP contribution is -1.72. The summed E-state index contributed by atoms with van der Waals surface area (Å²) in [5.74, 6) is 2.31. The molecule has 0 aromatic heterocycles. The molecule has 0 amide bonds. The van der Waals surface area contributed by atoms with Crippen molar-refractivity contribution < 1.29 is 4.39 Å². The van der Waals surface area contributed by atoms with Gasteiger partial charge in [-0.25, -0.2) is 0 Å². The fourth-order valence-corrected chi connectivity index (χ4v) is 0.593. The first-order valence-corrected chi connectivity index (χ1v) is 3.25. The highest BCUT2D eigenvalue weighted by atomic mass is 19.1. The Morgan fingerprint density at radius 2 is 2.40 bits per heavy atom. The van der Waals surface area contributed by atoms with Gasteiger partial charge in [-0.1, -0.05) is 37.1 Å². The van der Waals surface area contributed by atoms with Crippen LogP contribution in [0.3, 0.4) is 0 Å². The van der Waals surface area contributed by atoms with Crippen molar-refractivity contribution >= 4 is 0 Å². The number of hydrogen-bond acceptors (Lipinski definition) is 0. The van der Waals surface area contributed by atoms with E-state index >= 15 is 0 Å². The van der Waals surface area contributed by atoms with Crippen molar-refractivity contribution in [2.45, 2.75) is 19.8 Å². The predicted octanol–water partition coefficient (Wildman–Crippen LogP) is 2.83. The smallest absolute Gasteiger partial charge is 0.105 e. The van der Waals surface area contributed by atoms with E-state index in [1.807, 2.05) is 13.0 Å². The van der Waals surface area contributed by atoms with Crippen LogP contribution in [-0.4, -0.2) is 0 Å². The minimum absolute atomic E-state index is 0.478. The lowest BCUT2D eigenvalue weighted by atomic mass is 10.2. The number of allylic oxidation sites excluding steroid dienone is 3. The Morgan fingerprint density at radius 3 is 2.80 bits per heavy atom. The van der Waals surface area contributed by atoms with Crippen LogP contribution in [0.15, 0.2) is 24.3 Å². The maximum Gasteiger partial charge on any atom is 0.105 e. The van der Waals surface area contributed by atoms with Crippen LogP contribution in [0.4, 0.5) is 4.39 Å². The number of halogens is 1. The summed E-state index contributed by atoms with van der Waals surface area (Å²) in [7, 11) is 0. The predicted molar refractivity (Wildman–Crippen MR) is 42.1 cm³/mol. The Labute approximate surface area is 61.4 Å². The second-order valence-electron chi connectivity index (χ2n) is 1.81. The zero-order valence-corrected chi connectivity index (χ0v) is 6.15. The van der Waals surface area contributed by atoms with E-state index in [0.29, 0.717) is 6.42 Å². The van der Waals surface area contributed by atoms with Crippen LogP contribution in [0.25, 0.3) is 0 Å². The van der Waals surface area contributed by atoms with Gasteiger partial charge in [-0.15, -0.1) is 4.39 Å². The summed E-state index contributed by atoms with van der Waals surface area (Å²) in [4.78, 5) is 0. The highest BCUT2D eigenvalue weighted by Crippen LogP contribution is 2.01. The second kappa shape index (κ2) is 6.10. The summed E-state index contributed by atoms with van der Waals surface area (Å²) >= 11 is 0. The van der Waals surface area contributed by atoms with Crippen molar-refractivity contribution in [2.75, 3.05) is 0 Å². The molecule has 0 spiro atoms. The Morgan fingerprint density at radius 1 is 1.70 bits per heavy atom. The fraction of sp³-hybridized carbons (Fsp3) is 0.333. The van der Waals surface area contributed by atoms with Gasteiger partial charge in [0.05, 0.1) is 0 Å². The summed E-state index contributed by atoms with van der Waals surface area (Å²) in [5.41, 5.74) is 1.11. The van der Waals surface area contributed by atoms with E-state index in [9.17, 15) is 4.39 Å². The molecule has 0 bridgehead atoms. The van der Waals surface area contributed by atoms with E-state index in [2.05, 4.69) is 12.5 Å². The van der Waals surface area contributed by atoms with Crippen molar-refractivity contribution in [3.63, 3.8) is 0 Å². The van der Waals surface area contributed by atoms with Gasteiger partial charge >= 0.3 is 0 Å². The molecule has 0 nitrogen and oxygen atoms in total. The van der Waals surface area contributed by atoms with E-state index in [1.54, 1.807) is 6.08 Å². The van der Waals surface area contributed by atoms with Crippen LogP contribution in [0.5, 0.6) is 0 Å². The van der Waals surface area contributed by atoms with E-state index < -0.39 is 0 Å². The van der Waals surface area contributed by atoms with Gasteiger partial charge in [-0.05, 0) is 6.42 Å². The minimum Gasteiger partial charge on any atom is -0.144 e. The molecule has 54 valence electrons. The van der Waals surface area contributed by atoms with Crippen LogP contribution < -0.4 is 0 Å². The molecule has 0 aromatic rings. The first kappa shape index (κ1) is 8.97. The zero-order valence-electron chi connectivity index (χ0n) is 6.15. The maximum atomic E-state index is 11.2. The van der Waals surface area contributed by atoms with Gasteiger partial charge < -0.3 is 0 Å². The molecule has 10 heavy (non-hydrogen) atoms. The monoisotopic (exact) mass is 138 g/mol. The zero-order chi connectivity index (χ0) is 7.82. The lowest BCUT2D eigenvalue weighted by molar-refractivity contribution is 0.772. The van der Waals surface area contributed by atoms with Gasteiger partial charge in [-0.3, -0.25) is 0 Å². The molecule has 0 aliphatic rings. The minimum atomic E-state index is 0.478. The maximum absolute atomic E-state index is 11.2. The Bertz CT molecular complexity index is 179. The summed E-state index contributed by atoms with van der Waals surface area (Å²) in [5, 5.41) is 0. The normalized spacial score (nSPS) is 10.0. The third kappa shape index (κ3) is 3.91. The van der Waals surface area contributed by atoms with E-state index in [4.69, 9.17) is 0 Å². The summed E-state index contributed by atoms with van der Waals surface area (Å²) in [6.45, 7) is 5.62. The number of hydrogen-bond donors (Lipinski definition) is 0. The van der Waals surface area contributed by atoms with Crippen LogP contribution in [0.2, 0.25) is 0 Å². The Balaban J connectivity index is 3.82. The van der Waals surface area contributed by atoms with Gasteiger partial charge in [0.2, 0.25) is 0 Å². The van der Waals surface area contributed by atoms with Crippen molar-refractivity contribution in [1.29, 1.82) is 0 Å². The van der Waals surface area contributed by atoms with Gasteiger partial charge in [0.25, 0.3) is 0 Å². The standard InChI is InChI=1S/C9H11F/c1-3-9(4-2)7-5-6-8-10/h3,7H,1,4-5H2,2H3. The van der Waals surface area contributed by atoms with Crippen LogP contribution in [0, 0.1) is 12.1 Å². The van der Waals surface area contributed by atoms with E-state index in [1.165, 1.54) is 6.17 Å². The molecule has 0 rings (SSSR count). The third-order valence-electron chi connectivity index (χ3n) is 1.20. The lowest BCUT2D eigenvalue weighted by Gasteiger charge is -1.91. The molecule has 0 radical (unpaired) electrons. The first-order valence-electron chi connectivity index (χ1n) is 3.25. The van der Waals surface area contributed by atoms with Gasteiger partial charge in [0.1, 0.15) is 6.17 Å². The topological polar surface area (TPSA) is 0 Å². The molecule has 0 aliphatic carbocycles. The largest absolute Gasteiger partial charge is 0.144 e. The fourth-order valence-electron chi connectivity index (χ4n) is 0.593. The molecular weight excluding hydrogens is 127 g/mol. The molecule has 0 atom stereocenters. The average molecular weight is 138 g/mol. The SMILES string of the molecule is C=CC(=CCC#CF)CC. The molecule has 0 saturated heterocycles. The molecule has 0 saturated carbocycles. The summed E-state index contributed by atoms with van der Waals surface area (Å²) in [6, 6.07) is 0. The molecule has 0 N–H and O–H groups in total. The molecule has 0 aromatic carbocycles. The molecule has 0 aliphatic heterocycles. The van der Waals surface area contributed by atoms with Crippen LogP contribution >= 0.6 is 0 Å². The Hall–Kier alpha value is -1.03. The summed E-state index contributed by atoms with van der Waals surface area (Å²) in [6.07, 6.45) is 6.39. The molecule has 0 fully saturated rings. The highest BCUT2D eigenvalue weighted by Gasteiger charge is 1.82. The quantitative estimate of drug-likeness (QED) is 0.415. The first-order chi connectivity index (χ1) is 4.85. The number of rotatable bonds is 3.